The van der Waals surface area contributed by atoms with Gasteiger partial charge in [0.1, 0.15) is 5.60 Å². The summed E-state index contributed by atoms with van der Waals surface area (Å²) in [5, 5.41) is 2.81. The highest BCUT2D eigenvalue weighted by Gasteiger charge is 2.29. The maximum absolute atomic E-state index is 11.5. The van der Waals surface area contributed by atoms with Crippen molar-refractivity contribution in [2.45, 2.75) is 64.8 Å². The van der Waals surface area contributed by atoms with Crippen molar-refractivity contribution in [1.29, 1.82) is 0 Å². The van der Waals surface area contributed by atoms with E-state index in [2.05, 4.69) is 17.4 Å². The molecule has 0 radical (unpaired) electrons. The van der Waals surface area contributed by atoms with Gasteiger partial charge >= 0.3 is 6.09 Å². The van der Waals surface area contributed by atoms with Crippen molar-refractivity contribution in [3.05, 3.63) is 35.9 Å². The molecule has 23 heavy (non-hydrogen) atoms. The Hall–Kier alpha value is -1.55. The minimum Gasteiger partial charge on any atom is -0.444 e. The molecule has 0 atom stereocenters. The summed E-state index contributed by atoms with van der Waals surface area (Å²) in [6, 6.07) is 10.3. The average molecular weight is 319 g/mol. The number of nitrogens with one attached hydrogen (secondary N) is 1. The SMILES string of the molecule is CC(C)(C)OC(=O)NCCCC1CC(OCc2ccccc2)C1. The molecule has 1 aliphatic carbocycles. The molecule has 0 aromatic heterocycles. The maximum atomic E-state index is 11.5. The standard InChI is InChI=1S/C19H29NO3/c1-19(2,3)23-18(21)20-11-7-10-16-12-17(13-16)22-14-15-8-5-4-6-9-15/h4-6,8-9,16-17H,7,10-14H2,1-3H3,(H,20,21). The second kappa shape index (κ2) is 8.34. The molecule has 0 bridgehead atoms. The minimum atomic E-state index is -0.429. The van der Waals surface area contributed by atoms with Crippen LogP contribution in [0.2, 0.25) is 0 Å². The zero-order valence-electron chi connectivity index (χ0n) is 14.5. The fourth-order valence-electron chi connectivity index (χ4n) is 2.73. The number of alkyl carbamates (subject to hydrolysis) is 1. The third kappa shape index (κ3) is 7.04. The van der Waals surface area contributed by atoms with Crippen molar-refractivity contribution in [2.75, 3.05) is 6.54 Å². The average Bonchev–Trinajstić information content (AvgIpc) is 2.43. The lowest BCUT2D eigenvalue weighted by Gasteiger charge is -2.35. The summed E-state index contributed by atoms with van der Waals surface area (Å²) in [5.74, 6) is 0.733. The summed E-state index contributed by atoms with van der Waals surface area (Å²) in [6.07, 6.45) is 4.49. The Bertz CT molecular complexity index is 475. The highest BCUT2D eigenvalue weighted by Crippen LogP contribution is 2.34. The van der Waals surface area contributed by atoms with E-state index in [1.807, 2.05) is 39.0 Å². The number of ether oxygens (including phenoxy) is 2. The molecule has 4 heteroatoms. The Kier molecular flexibility index (Phi) is 6.46. The van der Waals surface area contributed by atoms with Gasteiger partial charge in [0.15, 0.2) is 0 Å². The normalized spacial score (nSPS) is 20.7. The predicted molar refractivity (Wildman–Crippen MR) is 91.2 cm³/mol. The molecule has 1 fully saturated rings. The quantitative estimate of drug-likeness (QED) is 0.763. The fourth-order valence-corrected chi connectivity index (χ4v) is 2.73. The second-order valence-electron chi connectivity index (χ2n) is 7.33. The molecule has 1 saturated carbocycles. The van der Waals surface area contributed by atoms with Crippen LogP contribution in [0.15, 0.2) is 30.3 Å². The lowest BCUT2D eigenvalue weighted by atomic mass is 9.79. The van der Waals surface area contributed by atoms with Gasteiger partial charge in [-0.25, -0.2) is 4.79 Å². The van der Waals surface area contributed by atoms with Gasteiger partial charge in [-0.3, -0.25) is 0 Å². The summed E-state index contributed by atoms with van der Waals surface area (Å²) in [4.78, 5) is 11.5. The van der Waals surface area contributed by atoms with Gasteiger partial charge in [-0.2, -0.15) is 0 Å². The van der Waals surface area contributed by atoms with E-state index in [1.165, 1.54) is 5.56 Å². The topological polar surface area (TPSA) is 47.6 Å². The number of rotatable bonds is 7. The smallest absolute Gasteiger partial charge is 0.407 e. The number of hydrogen-bond acceptors (Lipinski definition) is 3. The van der Waals surface area contributed by atoms with E-state index < -0.39 is 5.60 Å². The van der Waals surface area contributed by atoms with E-state index >= 15 is 0 Å². The third-order valence-corrected chi connectivity index (χ3v) is 3.98. The molecule has 1 aliphatic rings. The molecular formula is C19H29NO3. The van der Waals surface area contributed by atoms with E-state index in [1.54, 1.807) is 0 Å². The zero-order valence-corrected chi connectivity index (χ0v) is 14.5. The second-order valence-corrected chi connectivity index (χ2v) is 7.33. The van der Waals surface area contributed by atoms with E-state index in [0.717, 1.165) is 31.6 Å². The van der Waals surface area contributed by atoms with Gasteiger partial charge in [-0.05, 0) is 57.9 Å². The van der Waals surface area contributed by atoms with Crippen molar-refractivity contribution < 1.29 is 14.3 Å². The van der Waals surface area contributed by atoms with Crippen molar-refractivity contribution in [3.63, 3.8) is 0 Å². The maximum Gasteiger partial charge on any atom is 0.407 e. The molecule has 1 N–H and O–H groups in total. The van der Waals surface area contributed by atoms with Crippen LogP contribution in [0, 0.1) is 5.92 Å². The zero-order chi connectivity index (χ0) is 16.7. The first-order valence-electron chi connectivity index (χ1n) is 8.55. The monoisotopic (exact) mass is 319 g/mol. The number of amides is 1. The lowest BCUT2D eigenvalue weighted by Crippen LogP contribution is -2.34. The summed E-state index contributed by atoms with van der Waals surface area (Å²) in [5.41, 5.74) is 0.805. The van der Waals surface area contributed by atoms with Gasteiger partial charge in [-0.15, -0.1) is 0 Å². The van der Waals surface area contributed by atoms with Crippen LogP contribution in [0.1, 0.15) is 52.0 Å². The summed E-state index contributed by atoms with van der Waals surface area (Å²) in [7, 11) is 0. The van der Waals surface area contributed by atoms with Crippen molar-refractivity contribution >= 4 is 6.09 Å². The largest absolute Gasteiger partial charge is 0.444 e. The van der Waals surface area contributed by atoms with Gasteiger partial charge < -0.3 is 14.8 Å². The number of hydrogen-bond donors (Lipinski definition) is 1. The van der Waals surface area contributed by atoms with Crippen LogP contribution in [0.5, 0.6) is 0 Å². The molecular weight excluding hydrogens is 290 g/mol. The molecule has 1 aromatic carbocycles. The van der Waals surface area contributed by atoms with E-state index in [0.29, 0.717) is 19.3 Å². The van der Waals surface area contributed by atoms with Gasteiger partial charge in [0.2, 0.25) is 0 Å². The Balaban J connectivity index is 1.48. The van der Waals surface area contributed by atoms with Crippen LogP contribution in [-0.4, -0.2) is 24.3 Å². The number of carbonyl (C=O) groups is 1. The molecule has 0 heterocycles. The van der Waals surface area contributed by atoms with E-state index in [9.17, 15) is 4.79 Å². The molecule has 1 amide bonds. The van der Waals surface area contributed by atoms with Gasteiger partial charge in [-0.1, -0.05) is 30.3 Å². The first-order valence-corrected chi connectivity index (χ1v) is 8.55. The molecule has 0 spiro atoms. The van der Waals surface area contributed by atoms with Gasteiger partial charge in [0.05, 0.1) is 12.7 Å². The molecule has 128 valence electrons. The predicted octanol–water partition coefficient (Wildman–Crippen LogP) is 4.29. The van der Waals surface area contributed by atoms with Crippen LogP contribution in [0.3, 0.4) is 0 Å². The summed E-state index contributed by atoms with van der Waals surface area (Å²) >= 11 is 0. The Labute approximate surface area is 139 Å². The van der Waals surface area contributed by atoms with Crippen LogP contribution in [0.4, 0.5) is 4.79 Å². The summed E-state index contributed by atoms with van der Waals surface area (Å²) < 4.78 is 11.1. The number of benzene rings is 1. The highest BCUT2D eigenvalue weighted by atomic mass is 16.6. The molecule has 2 rings (SSSR count). The Morgan fingerprint density at radius 2 is 1.91 bits per heavy atom. The van der Waals surface area contributed by atoms with Gasteiger partial charge in [0, 0.05) is 6.54 Å². The van der Waals surface area contributed by atoms with Crippen LogP contribution in [0.25, 0.3) is 0 Å². The van der Waals surface area contributed by atoms with Crippen molar-refractivity contribution in [3.8, 4) is 0 Å². The van der Waals surface area contributed by atoms with Crippen molar-refractivity contribution in [1.82, 2.24) is 5.32 Å². The third-order valence-electron chi connectivity index (χ3n) is 3.98. The Morgan fingerprint density at radius 3 is 2.57 bits per heavy atom. The van der Waals surface area contributed by atoms with Crippen LogP contribution >= 0.6 is 0 Å². The molecule has 0 saturated heterocycles. The lowest BCUT2D eigenvalue weighted by molar-refractivity contribution is -0.0424. The first-order chi connectivity index (χ1) is 10.9. The van der Waals surface area contributed by atoms with E-state index in [-0.39, 0.29) is 6.09 Å². The minimum absolute atomic E-state index is 0.324. The van der Waals surface area contributed by atoms with Gasteiger partial charge in [0.25, 0.3) is 0 Å². The molecule has 0 unspecified atom stereocenters. The highest BCUT2D eigenvalue weighted by molar-refractivity contribution is 5.67. The molecule has 4 nitrogen and oxygen atoms in total. The van der Waals surface area contributed by atoms with Crippen LogP contribution < -0.4 is 5.32 Å². The summed E-state index contributed by atoms with van der Waals surface area (Å²) in [6.45, 7) is 7.00. The molecule has 0 aliphatic heterocycles. The molecule has 1 aromatic rings. The number of carbonyl (C=O) groups excluding carboxylic acids is 1. The van der Waals surface area contributed by atoms with Crippen LogP contribution in [-0.2, 0) is 16.1 Å². The van der Waals surface area contributed by atoms with Crippen molar-refractivity contribution in [2.24, 2.45) is 5.92 Å². The first kappa shape index (κ1) is 17.8. The van der Waals surface area contributed by atoms with E-state index in [4.69, 9.17) is 9.47 Å². The Morgan fingerprint density at radius 1 is 1.22 bits per heavy atom. The fraction of sp³-hybridized carbons (Fsp3) is 0.632.